The summed E-state index contributed by atoms with van der Waals surface area (Å²) in [6.45, 7) is 2.20. The molecule has 0 aliphatic carbocycles. The van der Waals surface area contributed by atoms with Crippen LogP contribution < -0.4 is 0 Å². The van der Waals surface area contributed by atoms with Crippen LogP contribution in [0.5, 0.6) is 0 Å². The normalized spacial score (nSPS) is 14.6. The van der Waals surface area contributed by atoms with Crippen LogP contribution in [-0.4, -0.2) is 27.4 Å². The van der Waals surface area contributed by atoms with Crippen molar-refractivity contribution < 1.29 is 20.1 Å². The smallest absolute Gasteiger partial charge is 0.328 e. The maximum absolute atomic E-state index is 10.2. The molecule has 0 aliphatic rings. The molecule has 3 N–H and O–H groups in total. The number of aliphatic carboxylic acids is 1. The van der Waals surface area contributed by atoms with Gasteiger partial charge in [-0.25, -0.2) is 4.79 Å². The number of carboxylic acids is 1. The summed E-state index contributed by atoms with van der Waals surface area (Å²) in [6, 6.07) is 0. The van der Waals surface area contributed by atoms with Crippen molar-refractivity contribution in [3.63, 3.8) is 0 Å². The van der Waals surface area contributed by atoms with Crippen molar-refractivity contribution in [1.29, 1.82) is 0 Å². The molecule has 4 heteroatoms. The van der Waals surface area contributed by atoms with Gasteiger partial charge in [0.15, 0.2) is 0 Å². The summed E-state index contributed by atoms with van der Waals surface area (Å²) in [5.74, 6) is -0.959. The van der Waals surface area contributed by atoms with Crippen LogP contribution in [0.4, 0.5) is 0 Å². The number of hydrogen-bond donors (Lipinski definition) is 3. The van der Waals surface area contributed by atoms with Gasteiger partial charge < -0.3 is 15.3 Å². The number of allylic oxidation sites excluding steroid dienone is 9. The molecule has 0 aromatic heterocycles. The van der Waals surface area contributed by atoms with Gasteiger partial charge in [0.2, 0.25) is 0 Å². The molecule has 0 saturated heterocycles. The van der Waals surface area contributed by atoms with Gasteiger partial charge in [-0.1, -0.05) is 94.1 Å². The van der Waals surface area contributed by atoms with E-state index in [1.807, 2.05) is 0 Å². The largest absolute Gasteiger partial charge is 0.508 e. The molecule has 0 spiro atoms. The average molecular weight is 360 g/mol. The summed E-state index contributed by atoms with van der Waals surface area (Å²) in [6.07, 6.45) is 24.9. The first kappa shape index (κ1) is 23.7. The van der Waals surface area contributed by atoms with E-state index in [4.69, 9.17) is 5.11 Å². The van der Waals surface area contributed by atoms with Crippen molar-refractivity contribution in [2.45, 2.75) is 58.0 Å². The number of carbonyl (C=O) groups is 1. The summed E-state index contributed by atoms with van der Waals surface area (Å²) >= 11 is 0. The maximum atomic E-state index is 10.2. The second-order valence-corrected chi connectivity index (χ2v) is 5.93. The maximum Gasteiger partial charge on any atom is 0.328 e. The zero-order valence-electron chi connectivity index (χ0n) is 15.6. The minimum atomic E-state index is -1.02. The van der Waals surface area contributed by atoms with Crippen LogP contribution in [0, 0.1) is 0 Å². The van der Waals surface area contributed by atoms with Gasteiger partial charge in [0, 0.05) is 6.08 Å². The van der Waals surface area contributed by atoms with Crippen LogP contribution in [0.15, 0.2) is 72.6 Å². The Bertz CT molecular complexity index is 536. The highest BCUT2D eigenvalue weighted by Gasteiger charge is 1.97. The predicted molar refractivity (Wildman–Crippen MR) is 108 cm³/mol. The Kier molecular flexibility index (Phi) is 15.9. The fourth-order valence-corrected chi connectivity index (χ4v) is 2.12. The highest BCUT2D eigenvalue weighted by atomic mass is 16.4. The molecule has 144 valence electrons. The Morgan fingerprint density at radius 1 is 0.808 bits per heavy atom. The fourth-order valence-electron chi connectivity index (χ4n) is 2.12. The molecule has 4 nitrogen and oxygen atoms in total. The molecule has 0 radical (unpaired) electrons. The van der Waals surface area contributed by atoms with Crippen molar-refractivity contribution in [3.05, 3.63) is 72.6 Å². The SMILES string of the molecule is CCCCCCCCC(O)C=CC=CC=CC(O)=CC=CC=CC(=O)O. The van der Waals surface area contributed by atoms with Crippen LogP contribution in [0.3, 0.4) is 0 Å². The molecule has 0 fully saturated rings. The van der Waals surface area contributed by atoms with Crippen LogP contribution in [0.1, 0.15) is 51.9 Å². The molecule has 0 amide bonds. The first-order valence-electron chi connectivity index (χ1n) is 9.22. The molecule has 0 aliphatic heterocycles. The molecule has 0 bridgehead atoms. The van der Waals surface area contributed by atoms with E-state index < -0.39 is 12.1 Å². The average Bonchev–Trinajstić information content (AvgIpc) is 2.60. The number of aliphatic hydroxyl groups excluding tert-OH is 2. The molecule has 1 atom stereocenters. The molecule has 1 unspecified atom stereocenters. The van der Waals surface area contributed by atoms with Crippen LogP contribution >= 0.6 is 0 Å². The van der Waals surface area contributed by atoms with Crippen LogP contribution in [0.2, 0.25) is 0 Å². The van der Waals surface area contributed by atoms with Gasteiger partial charge in [0.1, 0.15) is 5.76 Å². The predicted octanol–water partition coefficient (Wildman–Crippen LogP) is 5.41. The van der Waals surface area contributed by atoms with Gasteiger partial charge >= 0.3 is 5.97 Å². The number of carboxylic acid groups (broad SMARTS) is 1. The molecule has 0 saturated carbocycles. The molecular formula is C22H32O4. The van der Waals surface area contributed by atoms with Crippen molar-refractivity contribution in [2.75, 3.05) is 0 Å². The first-order chi connectivity index (χ1) is 12.6. The summed E-state index contributed by atoms with van der Waals surface area (Å²) in [5, 5.41) is 27.8. The number of aliphatic hydroxyl groups is 2. The Morgan fingerprint density at radius 3 is 2.15 bits per heavy atom. The molecule has 26 heavy (non-hydrogen) atoms. The third-order valence-electron chi connectivity index (χ3n) is 3.52. The lowest BCUT2D eigenvalue weighted by Crippen LogP contribution is -2.01. The third-order valence-corrected chi connectivity index (χ3v) is 3.52. The zero-order chi connectivity index (χ0) is 19.5. The van der Waals surface area contributed by atoms with E-state index in [0.29, 0.717) is 0 Å². The van der Waals surface area contributed by atoms with Gasteiger partial charge in [0.25, 0.3) is 0 Å². The number of hydrogen-bond acceptors (Lipinski definition) is 3. The second-order valence-electron chi connectivity index (χ2n) is 5.93. The third kappa shape index (κ3) is 18.0. The van der Waals surface area contributed by atoms with Crippen molar-refractivity contribution in [1.82, 2.24) is 0 Å². The summed E-state index contributed by atoms with van der Waals surface area (Å²) < 4.78 is 0. The van der Waals surface area contributed by atoms with Crippen molar-refractivity contribution in [3.8, 4) is 0 Å². The zero-order valence-corrected chi connectivity index (χ0v) is 15.6. The number of rotatable bonds is 14. The lowest BCUT2D eigenvalue weighted by Gasteiger charge is -2.04. The quantitative estimate of drug-likeness (QED) is 0.168. The summed E-state index contributed by atoms with van der Waals surface area (Å²) in [4.78, 5) is 10.2. The standard InChI is InChI=1S/C22H32O4/c1-2-3-4-5-6-10-15-20(23)16-11-7-8-12-17-21(24)18-13-9-14-19-22(25)26/h7-9,11-14,16-20,23-24H,2-6,10,15H2,1H3,(H,25,26). The lowest BCUT2D eigenvalue weighted by atomic mass is 10.1. The molecule has 0 heterocycles. The highest BCUT2D eigenvalue weighted by Crippen LogP contribution is 2.09. The molecule has 0 aromatic rings. The minimum absolute atomic E-state index is 0.0571. The van der Waals surface area contributed by atoms with E-state index >= 15 is 0 Å². The van der Waals surface area contributed by atoms with E-state index in [0.717, 1.165) is 18.9 Å². The van der Waals surface area contributed by atoms with E-state index in [-0.39, 0.29) is 5.76 Å². The van der Waals surface area contributed by atoms with Crippen molar-refractivity contribution in [2.24, 2.45) is 0 Å². The van der Waals surface area contributed by atoms with E-state index in [1.54, 1.807) is 36.5 Å². The van der Waals surface area contributed by atoms with Gasteiger partial charge in [0.05, 0.1) is 6.10 Å². The van der Waals surface area contributed by atoms with Crippen LogP contribution in [0.25, 0.3) is 0 Å². The van der Waals surface area contributed by atoms with Gasteiger partial charge in [-0.05, 0) is 18.6 Å². The highest BCUT2D eigenvalue weighted by molar-refractivity contribution is 5.80. The van der Waals surface area contributed by atoms with Crippen LogP contribution in [-0.2, 0) is 4.79 Å². The molecular weight excluding hydrogens is 328 g/mol. The van der Waals surface area contributed by atoms with E-state index in [2.05, 4.69) is 6.92 Å². The van der Waals surface area contributed by atoms with Gasteiger partial charge in [-0.15, -0.1) is 0 Å². The lowest BCUT2D eigenvalue weighted by molar-refractivity contribution is -0.131. The second kappa shape index (κ2) is 17.5. The molecule has 0 aromatic carbocycles. The fraction of sp³-hybridized carbons (Fsp3) is 0.409. The summed E-state index contributed by atoms with van der Waals surface area (Å²) in [7, 11) is 0. The minimum Gasteiger partial charge on any atom is -0.508 e. The summed E-state index contributed by atoms with van der Waals surface area (Å²) in [5.41, 5.74) is 0. The Labute approximate surface area is 157 Å². The Balaban J connectivity index is 3.96. The molecule has 0 rings (SSSR count). The topological polar surface area (TPSA) is 77.8 Å². The monoisotopic (exact) mass is 360 g/mol. The van der Waals surface area contributed by atoms with Crippen molar-refractivity contribution >= 4 is 5.97 Å². The van der Waals surface area contributed by atoms with E-state index in [9.17, 15) is 15.0 Å². The van der Waals surface area contributed by atoms with Gasteiger partial charge in [-0.2, -0.15) is 0 Å². The first-order valence-corrected chi connectivity index (χ1v) is 9.22. The Morgan fingerprint density at radius 2 is 1.42 bits per heavy atom. The van der Waals surface area contributed by atoms with Gasteiger partial charge in [-0.3, -0.25) is 0 Å². The van der Waals surface area contributed by atoms with E-state index in [1.165, 1.54) is 56.4 Å². The Hall–Kier alpha value is -2.33. The number of unbranched alkanes of at least 4 members (excludes halogenated alkanes) is 5.